The molecule has 23 heavy (non-hydrogen) atoms. The van der Waals surface area contributed by atoms with E-state index in [9.17, 15) is 14.4 Å². The molecule has 2 unspecified atom stereocenters. The van der Waals surface area contributed by atoms with Crippen molar-refractivity contribution in [2.75, 3.05) is 39.3 Å². The Morgan fingerprint density at radius 1 is 1.04 bits per heavy atom. The van der Waals surface area contributed by atoms with Crippen LogP contribution in [0.25, 0.3) is 0 Å². The summed E-state index contributed by atoms with van der Waals surface area (Å²) in [4.78, 5) is 41.2. The number of rotatable bonds is 3. The third kappa shape index (κ3) is 3.77. The summed E-state index contributed by atoms with van der Waals surface area (Å²) in [6.07, 6.45) is 3.28. The van der Waals surface area contributed by atoms with Crippen LogP contribution in [-0.4, -0.2) is 83.8 Å². The average Bonchev–Trinajstić information content (AvgIpc) is 2.83. The van der Waals surface area contributed by atoms with E-state index in [2.05, 4.69) is 5.32 Å². The van der Waals surface area contributed by atoms with Crippen LogP contribution in [0.15, 0.2) is 0 Å². The molecule has 130 valence electrons. The molecular weight excluding hydrogens is 320 g/mol. The van der Waals surface area contributed by atoms with E-state index in [0.29, 0.717) is 38.3 Å². The molecule has 3 amide bonds. The van der Waals surface area contributed by atoms with Crippen molar-refractivity contribution in [2.24, 2.45) is 0 Å². The number of likely N-dealkylation sites (tertiary alicyclic amines) is 1. The van der Waals surface area contributed by atoms with E-state index < -0.39 is 11.8 Å². The minimum atomic E-state index is -0.545. The molecule has 2 bridgehead atoms. The maximum atomic E-state index is 12.5. The standard InChI is InChI=1S/C15H24N4O3.ClH/c1-2-17-7-8-19(15(22)14(17)21)10-13(20)18-6-5-11-3-4-12(9-18)16-11;/h11-12,16H,2-10H2,1H3;1H. The molecule has 3 aliphatic heterocycles. The first-order valence-electron chi connectivity index (χ1n) is 8.20. The molecule has 2 atom stereocenters. The Bertz CT molecular complexity index is 487. The van der Waals surface area contributed by atoms with Crippen LogP contribution in [0.2, 0.25) is 0 Å². The molecule has 8 heteroatoms. The zero-order valence-electron chi connectivity index (χ0n) is 13.5. The predicted octanol–water partition coefficient (Wildman–Crippen LogP) is -0.548. The summed E-state index contributed by atoms with van der Waals surface area (Å²) in [5.41, 5.74) is 0. The van der Waals surface area contributed by atoms with Crippen LogP contribution in [0.1, 0.15) is 26.2 Å². The van der Waals surface area contributed by atoms with E-state index in [-0.39, 0.29) is 24.9 Å². The zero-order chi connectivity index (χ0) is 15.7. The minimum absolute atomic E-state index is 0. The fourth-order valence-electron chi connectivity index (χ4n) is 3.60. The molecule has 7 nitrogen and oxygen atoms in total. The Balaban J connectivity index is 0.00000192. The molecule has 3 fully saturated rings. The van der Waals surface area contributed by atoms with Gasteiger partial charge in [0.25, 0.3) is 0 Å². The highest BCUT2D eigenvalue weighted by Gasteiger charge is 2.35. The van der Waals surface area contributed by atoms with E-state index in [0.717, 1.165) is 19.4 Å². The summed E-state index contributed by atoms with van der Waals surface area (Å²) in [5.74, 6) is -1.07. The molecule has 3 aliphatic rings. The molecule has 0 aliphatic carbocycles. The normalized spacial score (nSPS) is 27.8. The number of nitrogens with zero attached hydrogens (tertiary/aromatic N) is 3. The lowest BCUT2D eigenvalue weighted by Gasteiger charge is -2.34. The lowest BCUT2D eigenvalue weighted by Crippen LogP contribution is -2.56. The van der Waals surface area contributed by atoms with Gasteiger partial charge in [-0.05, 0) is 26.2 Å². The molecule has 0 aromatic carbocycles. The second kappa shape index (κ2) is 7.49. The number of hydrogen-bond donors (Lipinski definition) is 1. The molecule has 0 aromatic rings. The van der Waals surface area contributed by atoms with E-state index >= 15 is 0 Å². The van der Waals surface area contributed by atoms with Gasteiger partial charge in [0, 0.05) is 44.8 Å². The fourth-order valence-corrected chi connectivity index (χ4v) is 3.60. The van der Waals surface area contributed by atoms with E-state index in [1.165, 1.54) is 16.2 Å². The molecule has 3 heterocycles. The topological polar surface area (TPSA) is 73.0 Å². The molecule has 3 rings (SSSR count). The Labute approximate surface area is 142 Å². The number of fused-ring (bicyclic) bond motifs is 2. The lowest BCUT2D eigenvalue weighted by atomic mass is 10.1. The maximum absolute atomic E-state index is 12.5. The number of carbonyl (C=O) groups is 3. The van der Waals surface area contributed by atoms with Gasteiger partial charge in [0.2, 0.25) is 5.91 Å². The SMILES string of the molecule is CCN1CCN(CC(=O)N2CCC3CCC(C2)N3)C(=O)C1=O.Cl. The maximum Gasteiger partial charge on any atom is 0.312 e. The number of hydrogen-bond acceptors (Lipinski definition) is 4. The Morgan fingerprint density at radius 2 is 1.70 bits per heavy atom. The van der Waals surface area contributed by atoms with Crippen molar-refractivity contribution in [3.8, 4) is 0 Å². The van der Waals surface area contributed by atoms with Gasteiger partial charge in [0.05, 0.1) is 0 Å². The third-order valence-electron chi connectivity index (χ3n) is 4.98. The molecule has 0 saturated carbocycles. The predicted molar refractivity (Wildman–Crippen MR) is 87.2 cm³/mol. The number of likely N-dealkylation sites (N-methyl/N-ethyl adjacent to an activating group) is 1. The number of halogens is 1. The van der Waals surface area contributed by atoms with Gasteiger partial charge < -0.3 is 20.0 Å². The van der Waals surface area contributed by atoms with Crippen molar-refractivity contribution in [1.29, 1.82) is 0 Å². The van der Waals surface area contributed by atoms with Crippen molar-refractivity contribution in [2.45, 2.75) is 38.3 Å². The van der Waals surface area contributed by atoms with Crippen molar-refractivity contribution in [1.82, 2.24) is 20.0 Å². The quantitative estimate of drug-likeness (QED) is 0.697. The highest BCUT2D eigenvalue weighted by molar-refractivity contribution is 6.35. The smallest absolute Gasteiger partial charge is 0.312 e. The molecular formula is C15H25ClN4O3. The number of piperazine rings is 1. The molecule has 0 radical (unpaired) electrons. The minimum Gasteiger partial charge on any atom is -0.340 e. The van der Waals surface area contributed by atoms with Crippen molar-refractivity contribution in [3.05, 3.63) is 0 Å². The molecule has 1 N–H and O–H groups in total. The summed E-state index contributed by atoms with van der Waals surface area (Å²) in [6, 6.07) is 0.907. The molecule has 3 saturated heterocycles. The Kier molecular flexibility index (Phi) is 5.86. The van der Waals surface area contributed by atoms with Gasteiger partial charge in [-0.15, -0.1) is 12.4 Å². The summed E-state index contributed by atoms with van der Waals surface area (Å²) in [5, 5.41) is 3.54. The largest absolute Gasteiger partial charge is 0.340 e. The number of amides is 3. The Hall–Kier alpha value is -1.34. The van der Waals surface area contributed by atoms with Gasteiger partial charge in [-0.1, -0.05) is 0 Å². The van der Waals surface area contributed by atoms with Gasteiger partial charge in [-0.3, -0.25) is 14.4 Å². The summed E-state index contributed by atoms with van der Waals surface area (Å²) in [7, 11) is 0. The van der Waals surface area contributed by atoms with Crippen molar-refractivity contribution in [3.63, 3.8) is 0 Å². The number of nitrogens with one attached hydrogen (secondary N) is 1. The first kappa shape index (κ1) is 18.0. The van der Waals surface area contributed by atoms with Crippen LogP contribution >= 0.6 is 12.4 Å². The van der Waals surface area contributed by atoms with Crippen LogP contribution in [0.3, 0.4) is 0 Å². The first-order valence-corrected chi connectivity index (χ1v) is 8.20. The highest BCUT2D eigenvalue weighted by Crippen LogP contribution is 2.20. The number of carbonyl (C=O) groups excluding carboxylic acids is 3. The van der Waals surface area contributed by atoms with E-state index in [4.69, 9.17) is 0 Å². The molecule has 0 spiro atoms. The third-order valence-corrected chi connectivity index (χ3v) is 4.98. The van der Waals surface area contributed by atoms with E-state index in [1.807, 2.05) is 11.8 Å². The monoisotopic (exact) mass is 344 g/mol. The van der Waals surface area contributed by atoms with Gasteiger partial charge in [-0.25, -0.2) is 0 Å². The van der Waals surface area contributed by atoms with Crippen LogP contribution in [0.5, 0.6) is 0 Å². The second-order valence-corrected chi connectivity index (χ2v) is 6.38. The summed E-state index contributed by atoms with van der Waals surface area (Å²) < 4.78 is 0. The van der Waals surface area contributed by atoms with Crippen LogP contribution < -0.4 is 5.32 Å². The van der Waals surface area contributed by atoms with Crippen LogP contribution in [-0.2, 0) is 14.4 Å². The lowest BCUT2D eigenvalue weighted by molar-refractivity contribution is -0.157. The van der Waals surface area contributed by atoms with Gasteiger partial charge in [0.15, 0.2) is 0 Å². The second-order valence-electron chi connectivity index (χ2n) is 6.38. The zero-order valence-corrected chi connectivity index (χ0v) is 14.3. The fraction of sp³-hybridized carbons (Fsp3) is 0.800. The Morgan fingerprint density at radius 3 is 2.43 bits per heavy atom. The first-order chi connectivity index (χ1) is 10.6. The summed E-state index contributed by atoms with van der Waals surface area (Å²) >= 11 is 0. The average molecular weight is 345 g/mol. The van der Waals surface area contributed by atoms with Crippen molar-refractivity contribution >= 4 is 30.1 Å². The van der Waals surface area contributed by atoms with Crippen LogP contribution in [0.4, 0.5) is 0 Å². The highest BCUT2D eigenvalue weighted by atomic mass is 35.5. The van der Waals surface area contributed by atoms with Crippen LogP contribution in [0, 0.1) is 0 Å². The van der Waals surface area contributed by atoms with Gasteiger partial charge in [0.1, 0.15) is 6.54 Å². The van der Waals surface area contributed by atoms with Crippen molar-refractivity contribution < 1.29 is 14.4 Å². The van der Waals surface area contributed by atoms with Gasteiger partial charge in [-0.2, -0.15) is 0 Å². The van der Waals surface area contributed by atoms with Gasteiger partial charge >= 0.3 is 11.8 Å². The van der Waals surface area contributed by atoms with E-state index in [1.54, 1.807) is 0 Å². The molecule has 0 aromatic heterocycles. The summed E-state index contributed by atoms with van der Waals surface area (Å²) in [6.45, 7) is 4.83.